The second-order valence-corrected chi connectivity index (χ2v) is 4.97. The lowest BCUT2D eigenvalue weighted by Crippen LogP contribution is -1.93. The number of para-hydroxylation sites is 1. The molecule has 3 aromatic rings. The van der Waals surface area contributed by atoms with E-state index in [9.17, 15) is 0 Å². The van der Waals surface area contributed by atoms with Crippen molar-refractivity contribution < 1.29 is 0 Å². The third-order valence-electron chi connectivity index (χ3n) is 3.61. The Morgan fingerprint density at radius 2 is 1.67 bits per heavy atom. The number of nitrogens with zero attached hydrogens (tertiary/aromatic N) is 1. The normalized spacial score (nSPS) is 11.1. The molecule has 90 valence electrons. The van der Waals surface area contributed by atoms with Crippen molar-refractivity contribution in [3.8, 4) is 11.3 Å². The third-order valence-corrected chi connectivity index (χ3v) is 3.61. The van der Waals surface area contributed by atoms with Gasteiger partial charge in [0.2, 0.25) is 0 Å². The molecule has 1 nitrogen and oxygen atoms in total. The molecule has 1 heteroatoms. The van der Waals surface area contributed by atoms with Crippen molar-refractivity contribution in [2.24, 2.45) is 7.05 Å². The van der Waals surface area contributed by atoms with Crippen LogP contribution in [0, 0.1) is 13.8 Å². The summed E-state index contributed by atoms with van der Waals surface area (Å²) >= 11 is 0. The van der Waals surface area contributed by atoms with Crippen LogP contribution in [-0.4, -0.2) is 4.57 Å². The minimum Gasteiger partial charge on any atom is -0.344 e. The largest absolute Gasteiger partial charge is 0.344 e. The highest BCUT2D eigenvalue weighted by atomic mass is 14.9. The van der Waals surface area contributed by atoms with Gasteiger partial charge in [-0.05, 0) is 31.5 Å². The lowest BCUT2D eigenvalue weighted by molar-refractivity contribution is 0.976. The molecule has 0 saturated heterocycles. The Hall–Kier alpha value is -2.02. The van der Waals surface area contributed by atoms with Crippen molar-refractivity contribution in [3.05, 3.63) is 59.7 Å². The number of rotatable bonds is 1. The van der Waals surface area contributed by atoms with E-state index in [1.165, 1.54) is 33.3 Å². The Labute approximate surface area is 108 Å². The van der Waals surface area contributed by atoms with E-state index in [2.05, 4.69) is 74.0 Å². The molecule has 0 aliphatic carbocycles. The van der Waals surface area contributed by atoms with Gasteiger partial charge in [0.05, 0.1) is 0 Å². The average Bonchev–Trinajstić information content (AvgIpc) is 2.68. The Balaban J connectivity index is 2.28. The molecule has 0 N–H and O–H groups in total. The number of hydrogen-bond acceptors (Lipinski definition) is 0. The van der Waals surface area contributed by atoms with E-state index >= 15 is 0 Å². The minimum atomic E-state index is 1.28. The summed E-state index contributed by atoms with van der Waals surface area (Å²) in [6.45, 7) is 4.32. The van der Waals surface area contributed by atoms with E-state index < -0.39 is 0 Å². The number of aryl methyl sites for hydroxylation is 3. The summed E-state index contributed by atoms with van der Waals surface area (Å²) in [7, 11) is 2.14. The van der Waals surface area contributed by atoms with Crippen LogP contribution in [0.4, 0.5) is 0 Å². The number of fused-ring (bicyclic) bond motifs is 1. The van der Waals surface area contributed by atoms with Gasteiger partial charge in [0, 0.05) is 29.2 Å². The Bertz CT molecular complexity index is 720. The Morgan fingerprint density at radius 3 is 2.39 bits per heavy atom. The molecule has 0 fully saturated rings. The molecule has 0 radical (unpaired) electrons. The van der Waals surface area contributed by atoms with Crippen molar-refractivity contribution in [1.29, 1.82) is 0 Å². The average molecular weight is 235 g/mol. The van der Waals surface area contributed by atoms with E-state index in [0.717, 1.165) is 0 Å². The van der Waals surface area contributed by atoms with Crippen molar-refractivity contribution >= 4 is 10.9 Å². The maximum Gasteiger partial charge on any atom is 0.0491 e. The Kier molecular flexibility index (Phi) is 2.48. The standard InChI is InChI=1S/C17H17N/c1-12-8-9-15(13(2)10-12)17-11-14-6-4-5-7-16(14)18(17)3/h4-11H,1-3H3. The van der Waals surface area contributed by atoms with Gasteiger partial charge in [0.15, 0.2) is 0 Å². The van der Waals surface area contributed by atoms with Crippen LogP contribution in [0.5, 0.6) is 0 Å². The molecule has 0 aliphatic heterocycles. The monoisotopic (exact) mass is 235 g/mol. The molecule has 0 aliphatic rings. The van der Waals surface area contributed by atoms with Gasteiger partial charge in [-0.2, -0.15) is 0 Å². The second kappa shape index (κ2) is 4.02. The van der Waals surface area contributed by atoms with Gasteiger partial charge in [0.25, 0.3) is 0 Å². The topological polar surface area (TPSA) is 4.93 Å². The fourth-order valence-electron chi connectivity index (χ4n) is 2.65. The summed E-state index contributed by atoms with van der Waals surface area (Å²) in [5.41, 5.74) is 6.54. The highest BCUT2D eigenvalue weighted by Gasteiger charge is 2.09. The summed E-state index contributed by atoms with van der Waals surface area (Å²) in [4.78, 5) is 0. The van der Waals surface area contributed by atoms with Gasteiger partial charge in [0.1, 0.15) is 0 Å². The summed E-state index contributed by atoms with van der Waals surface area (Å²) in [6, 6.07) is 17.4. The summed E-state index contributed by atoms with van der Waals surface area (Å²) in [6.07, 6.45) is 0. The van der Waals surface area contributed by atoms with Crippen LogP contribution in [-0.2, 0) is 7.05 Å². The zero-order chi connectivity index (χ0) is 12.7. The van der Waals surface area contributed by atoms with Crippen LogP contribution in [0.15, 0.2) is 48.5 Å². The van der Waals surface area contributed by atoms with Crippen LogP contribution < -0.4 is 0 Å². The first-order valence-electron chi connectivity index (χ1n) is 6.29. The summed E-state index contributed by atoms with van der Waals surface area (Å²) < 4.78 is 2.27. The van der Waals surface area contributed by atoms with Crippen molar-refractivity contribution in [2.75, 3.05) is 0 Å². The van der Waals surface area contributed by atoms with E-state index in [1.54, 1.807) is 0 Å². The molecule has 2 aromatic carbocycles. The van der Waals surface area contributed by atoms with Gasteiger partial charge >= 0.3 is 0 Å². The molecule has 0 saturated carbocycles. The molecule has 0 atom stereocenters. The van der Waals surface area contributed by atoms with Crippen molar-refractivity contribution in [2.45, 2.75) is 13.8 Å². The molecule has 0 spiro atoms. The van der Waals surface area contributed by atoms with E-state index in [1.807, 2.05) is 0 Å². The molecule has 1 heterocycles. The van der Waals surface area contributed by atoms with Crippen LogP contribution in [0.1, 0.15) is 11.1 Å². The number of benzene rings is 2. The van der Waals surface area contributed by atoms with Gasteiger partial charge in [-0.1, -0.05) is 42.0 Å². The van der Waals surface area contributed by atoms with E-state index in [0.29, 0.717) is 0 Å². The lowest BCUT2D eigenvalue weighted by atomic mass is 10.0. The molecular weight excluding hydrogens is 218 g/mol. The predicted molar refractivity (Wildman–Crippen MR) is 77.8 cm³/mol. The SMILES string of the molecule is Cc1ccc(-c2cc3ccccc3n2C)c(C)c1. The van der Waals surface area contributed by atoms with Crippen LogP contribution in [0.3, 0.4) is 0 Å². The van der Waals surface area contributed by atoms with Crippen LogP contribution in [0.2, 0.25) is 0 Å². The Morgan fingerprint density at radius 1 is 0.889 bits per heavy atom. The molecule has 3 rings (SSSR count). The smallest absolute Gasteiger partial charge is 0.0491 e. The fourth-order valence-corrected chi connectivity index (χ4v) is 2.65. The van der Waals surface area contributed by atoms with Gasteiger partial charge in [-0.3, -0.25) is 0 Å². The fraction of sp³-hybridized carbons (Fsp3) is 0.176. The second-order valence-electron chi connectivity index (χ2n) is 4.97. The van der Waals surface area contributed by atoms with Gasteiger partial charge in [-0.15, -0.1) is 0 Å². The van der Waals surface area contributed by atoms with Gasteiger partial charge in [-0.25, -0.2) is 0 Å². The first kappa shape index (κ1) is 11.1. The number of aromatic nitrogens is 1. The highest BCUT2D eigenvalue weighted by molar-refractivity contribution is 5.87. The summed E-state index contributed by atoms with van der Waals surface area (Å²) in [5.74, 6) is 0. The van der Waals surface area contributed by atoms with E-state index in [-0.39, 0.29) is 0 Å². The van der Waals surface area contributed by atoms with Crippen LogP contribution >= 0.6 is 0 Å². The molecule has 0 amide bonds. The molecule has 0 unspecified atom stereocenters. The molecule has 0 bridgehead atoms. The lowest BCUT2D eigenvalue weighted by Gasteiger charge is -2.08. The molecule has 18 heavy (non-hydrogen) atoms. The maximum absolute atomic E-state index is 2.27. The third kappa shape index (κ3) is 1.63. The first-order valence-corrected chi connectivity index (χ1v) is 6.29. The molecular formula is C17H17N. The van der Waals surface area contributed by atoms with Gasteiger partial charge < -0.3 is 4.57 Å². The number of hydrogen-bond donors (Lipinski definition) is 0. The predicted octanol–water partition coefficient (Wildman–Crippen LogP) is 4.46. The highest BCUT2D eigenvalue weighted by Crippen LogP contribution is 2.29. The maximum atomic E-state index is 2.27. The van der Waals surface area contributed by atoms with Crippen LogP contribution in [0.25, 0.3) is 22.2 Å². The van der Waals surface area contributed by atoms with Crippen molar-refractivity contribution in [3.63, 3.8) is 0 Å². The zero-order valence-corrected chi connectivity index (χ0v) is 11.1. The van der Waals surface area contributed by atoms with Crippen molar-refractivity contribution in [1.82, 2.24) is 4.57 Å². The minimum absolute atomic E-state index is 1.28. The first-order chi connectivity index (χ1) is 8.66. The summed E-state index contributed by atoms with van der Waals surface area (Å²) in [5, 5.41) is 1.30. The van der Waals surface area contributed by atoms with E-state index in [4.69, 9.17) is 0 Å². The quantitative estimate of drug-likeness (QED) is 0.586. The zero-order valence-electron chi connectivity index (χ0n) is 11.1. The molecule has 1 aromatic heterocycles.